The van der Waals surface area contributed by atoms with E-state index in [0.29, 0.717) is 23.1 Å². The van der Waals surface area contributed by atoms with Gasteiger partial charge in [0.1, 0.15) is 0 Å². The molecule has 1 aromatic heterocycles. The molecule has 0 spiro atoms. The molecule has 1 aliphatic heterocycles. The Labute approximate surface area is 197 Å². The van der Waals surface area contributed by atoms with E-state index in [9.17, 15) is 14.7 Å². The Bertz CT molecular complexity index is 1490. The summed E-state index contributed by atoms with van der Waals surface area (Å²) in [6.45, 7) is 3.07. The fraction of sp³-hybridized carbons (Fsp3) is 0.321. The Balaban J connectivity index is 1.35. The van der Waals surface area contributed by atoms with Crippen LogP contribution >= 0.6 is 0 Å². The molecule has 6 rings (SSSR count). The number of aromatic nitrogens is 2. The lowest BCUT2D eigenvalue weighted by atomic mass is 10.0. The number of benzene rings is 3. The minimum absolute atomic E-state index is 0.149. The molecule has 1 unspecified atom stereocenters. The first kappa shape index (κ1) is 21.1. The highest BCUT2D eigenvalue weighted by atomic mass is 16.4. The van der Waals surface area contributed by atoms with Crippen molar-refractivity contribution in [2.45, 2.75) is 50.7 Å². The number of para-hydroxylation sites is 2. The number of rotatable bonds is 5. The molecule has 2 heterocycles. The van der Waals surface area contributed by atoms with Crippen molar-refractivity contribution in [2.75, 3.05) is 6.54 Å². The number of hydrogen-bond donors (Lipinski definition) is 1. The summed E-state index contributed by atoms with van der Waals surface area (Å²) in [5, 5.41) is 12.3. The summed E-state index contributed by atoms with van der Waals surface area (Å²) in [5.41, 5.74) is 3.11. The monoisotopic (exact) mass is 453 g/mol. The Hall–Kier alpha value is -3.51. The van der Waals surface area contributed by atoms with Crippen LogP contribution in [0.1, 0.15) is 59.9 Å². The molecule has 6 heteroatoms. The molecule has 1 N–H and O–H groups in total. The van der Waals surface area contributed by atoms with Gasteiger partial charge in [0.2, 0.25) is 5.69 Å². The van der Waals surface area contributed by atoms with Crippen molar-refractivity contribution >= 4 is 27.8 Å². The van der Waals surface area contributed by atoms with E-state index in [0.717, 1.165) is 32.2 Å². The van der Waals surface area contributed by atoms with Gasteiger partial charge in [0.15, 0.2) is 0 Å². The van der Waals surface area contributed by atoms with Gasteiger partial charge in [-0.1, -0.05) is 48.5 Å². The summed E-state index contributed by atoms with van der Waals surface area (Å²) in [6.07, 6.45) is 4.02. The molecule has 0 radical (unpaired) electrons. The van der Waals surface area contributed by atoms with Crippen LogP contribution in [-0.4, -0.2) is 38.1 Å². The molecule has 2 aliphatic rings. The summed E-state index contributed by atoms with van der Waals surface area (Å²) in [5.74, 6) is -1.28. The van der Waals surface area contributed by atoms with Crippen LogP contribution in [0.4, 0.5) is 0 Å². The van der Waals surface area contributed by atoms with Gasteiger partial charge in [-0.3, -0.25) is 9.69 Å². The number of fused-ring (bicyclic) bond motifs is 1. The zero-order valence-corrected chi connectivity index (χ0v) is 19.1. The lowest BCUT2D eigenvalue weighted by Gasteiger charge is -2.33. The van der Waals surface area contributed by atoms with Crippen LogP contribution in [0.2, 0.25) is 0 Å². The van der Waals surface area contributed by atoms with Crippen molar-refractivity contribution in [3.05, 3.63) is 87.8 Å². The van der Waals surface area contributed by atoms with Crippen molar-refractivity contribution in [3.8, 4) is 0 Å². The normalized spacial score (nSPS) is 20.9. The molecule has 1 saturated heterocycles. The van der Waals surface area contributed by atoms with E-state index in [-0.39, 0.29) is 6.04 Å². The molecule has 0 amide bonds. The van der Waals surface area contributed by atoms with E-state index in [2.05, 4.69) is 46.3 Å². The summed E-state index contributed by atoms with van der Waals surface area (Å²) in [6, 6.07) is 21.0. The van der Waals surface area contributed by atoms with E-state index in [1.165, 1.54) is 21.9 Å². The minimum Gasteiger partial charge on any atom is -0.476 e. The first-order valence-corrected chi connectivity index (χ1v) is 12.0. The molecular formula is C28H27N3O3. The van der Waals surface area contributed by atoms with Gasteiger partial charge in [-0.2, -0.15) is 0 Å². The largest absolute Gasteiger partial charge is 0.476 e. The van der Waals surface area contributed by atoms with Gasteiger partial charge >= 0.3 is 5.97 Å². The third kappa shape index (κ3) is 3.24. The van der Waals surface area contributed by atoms with Crippen molar-refractivity contribution in [1.82, 2.24) is 14.5 Å². The van der Waals surface area contributed by atoms with Crippen LogP contribution in [0.25, 0.3) is 21.8 Å². The summed E-state index contributed by atoms with van der Waals surface area (Å²) < 4.78 is 1.65. The second-order valence-electron chi connectivity index (χ2n) is 9.63. The smallest absolute Gasteiger partial charge is 0.360 e. The maximum atomic E-state index is 13.2. The Morgan fingerprint density at radius 1 is 1.12 bits per heavy atom. The zero-order chi connectivity index (χ0) is 23.4. The first-order valence-electron chi connectivity index (χ1n) is 12.0. The quantitative estimate of drug-likeness (QED) is 0.462. The minimum atomic E-state index is -1.28. The SMILES string of the molecule is C[C@@H](C[C@@H]1CCCN1C1Cc2cccc3cccc1c23)n1c(=O)c(C(=O)O)nc2ccccc21. The van der Waals surface area contributed by atoms with Crippen LogP contribution in [0.5, 0.6) is 0 Å². The fourth-order valence-electron chi connectivity index (χ4n) is 6.26. The third-order valence-electron chi connectivity index (χ3n) is 7.67. The number of carboxylic acid groups (broad SMARTS) is 1. The Morgan fingerprint density at radius 2 is 1.91 bits per heavy atom. The number of nitrogens with zero attached hydrogens (tertiary/aromatic N) is 3. The van der Waals surface area contributed by atoms with Crippen LogP contribution in [0.3, 0.4) is 0 Å². The summed E-state index contributed by atoms with van der Waals surface area (Å²) >= 11 is 0. The Kier molecular flexibility index (Phi) is 4.99. The maximum absolute atomic E-state index is 13.2. The molecule has 6 nitrogen and oxygen atoms in total. The molecule has 34 heavy (non-hydrogen) atoms. The average Bonchev–Trinajstić information content (AvgIpc) is 3.44. The second-order valence-corrected chi connectivity index (χ2v) is 9.63. The highest BCUT2D eigenvalue weighted by Crippen LogP contribution is 2.43. The van der Waals surface area contributed by atoms with Gasteiger partial charge in [0.25, 0.3) is 5.56 Å². The van der Waals surface area contributed by atoms with Crippen LogP contribution in [0, 0.1) is 0 Å². The van der Waals surface area contributed by atoms with Gasteiger partial charge in [0, 0.05) is 18.1 Å². The number of aromatic carboxylic acids is 1. The lowest BCUT2D eigenvalue weighted by Crippen LogP contribution is -2.37. The maximum Gasteiger partial charge on any atom is 0.360 e. The molecule has 1 fully saturated rings. The van der Waals surface area contributed by atoms with Crippen LogP contribution in [-0.2, 0) is 6.42 Å². The molecule has 172 valence electrons. The van der Waals surface area contributed by atoms with E-state index in [4.69, 9.17) is 0 Å². The van der Waals surface area contributed by atoms with Crippen molar-refractivity contribution in [3.63, 3.8) is 0 Å². The van der Waals surface area contributed by atoms with E-state index < -0.39 is 17.2 Å². The molecule has 0 saturated carbocycles. The van der Waals surface area contributed by atoms with E-state index in [1.54, 1.807) is 10.6 Å². The van der Waals surface area contributed by atoms with Crippen molar-refractivity contribution in [1.29, 1.82) is 0 Å². The predicted octanol–water partition coefficient (Wildman–Crippen LogP) is 4.96. The second kappa shape index (κ2) is 8.06. The third-order valence-corrected chi connectivity index (χ3v) is 7.67. The number of carboxylic acids is 1. The predicted molar refractivity (Wildman–Crippen MR) is 132 cm³/mol. The molecule has 3 atom stereocenters. The van der Waals surface area contributed by atoms with Crippen molar-refractivity contribution < 1.29 is 9.90 Å². The number of hydrogen-bond acceptors (Lipinski definition) is 4. The molecule has 0 bridgehead atoms. The fourth-order valence-corrected chi connectivity index (χ4v) is 6.26. The van der Waals surface area contributed by atoms with Crippen molar-refractivity contribution in [2.24, 2.45) is 0 Å². The van der Waals surface area contributed by atoms with E-state index >= 15 is 0 Å². The average molecular weight is 454 g/mol. The molecule has 3 aromatic carbocycles. The first-order chi connectivity index (χ1) is 16.5. The van der Waals surface area contributed by atoms with Crippen LogP contribution in [0.15, 0.2) is 65.5 Å². The standard InChI is InChI=1S/C28H27N3O3/c1-17(31-23-13-3-2-12-22(23)29-26(27(31)32)28(33)34)15-20-10-6-14-30(20)24-16-19-9-4-7-18-8-5-11-21(24)25(18)19/h2-5,7-9,11-13,17,20,24H,6,10,14-16H2,1H3,(H,33,34)/t17-,20-,24?/m0/s1. The van der Waals surface area contributed by atoms with Gasteiger partial charge in [-0.05, 0) is 73.2 Å². The zero-order valence-electron chi connectivity index (χ0n) is 19.1. The summed E-state index contributed by atoms with van der Waals surface area (Å²) in [4.78, 5) is 31.6. The Morgan fingerprint density at radius 3 is 2.74 bits per heavy atom. The molecular weight excluding hydrogens is 426 g/mol. The lowest BCUT2D eigenvalue weighted by molar-refractivity contribution is 0.0687. The summed E-state index contributed by atoms with van der Waals surface area (Å²) in [7, 11) is 0. The number of carbonyl (C=O) groups is 1. The van der Waals surface area contributed by atoms with Gasteiger partial charge in [0.05, 0.1) is 11.0 Å². The topological polar surface area (TPSA) is 75.4 Å². The van der Waals surface area contributed by atoms with Gasteiger partial charge in [-0.15, -0.1) is 0 Å². The molecule has 4 aromatic rings. The van der Waals surface area contributed by atoms with Gasteiger partial charge in [-0.25, -0.2) is 9.78 Å². The number of likely N-dealkylation sites (tertiary alicyclic amines) is 1. The van der Waals surface area contributed by atoms with Gasteiger partial charge < -0.3 is 9.67 Å². The molecule has 1 aliphatic carbocycles. The highest BCUT2D eigenvalue weighted by molar-refractivity contribution is 5.91. The van der Waals surface area contributed by atoms with E-state index in [1.807, 2.05) is 25.1 Å². The van der Waals surface area contributed by atoms with Crippen LogP contribution < -0.4 is 5.56 Å². The highest BCUT2D eigenvalue weighted by Gasteiger charge is 2.36.